The van der Waals surface area contributed by atoms with Crippen molar-refractivity contribution in [3.63, 3.8) is 0 Å². The molecular weight excluding hydrogens is 332 g/mol. The smallest absolute Gasteiger partial charge is 0.203 e. The zero-order valence-electron chi connectivity index (χ0n) is 13.1. The van der Waals surface area contributed by atoms with E-state index in [1.54, 1.807) is 30.5 Å². The molecular formula is C19H14N4OS. The molecule has 1 aromatic heterocycles. The number of anilines is 1. The Morgan fingerprint density at radius 2 is 2.04 bits per heavy atom. The van der Waals surface area contributed by atoms with E-state index in [1.165, 1.54) is 11.3 Å². The van der Waals surface area contributed by atoms with Crippen molar-refractivity contribution in [3.05, 3.63) is 71.1 Å². The number of nitriles is 1. The van der Waals surface area contributed by atoms with Crippen LogP contribution in [-0.2, 0) is 0 Å². The Morgan fingerprint density at radius 3 is 2.84 bits per heavy atom. The van der Waals surface area contributed by atoms with Gasteiger partial charge in [0, 0.05) is 17.2 Å². The predicted molar refractivity (Wildman–Crippen MR) is 102 cm³/mol. The minimum atomic E-state index is 0.231. The van der Waals surface area contributed by atoms with Crippen LogP contribution in [0.1, 0.15) is 11.1 Å². The van der Waals surface area contributed by atoms with E-state index in [-0.39, 0.29) is 5.75 Å². The summed E-state index contributed by atoms with van der Waals surface area (Å²) in [5.74, 6) is 0.231. The topological polar surface area (TPSA) is 81.3 Å². The van der Waals surface area contributed by atoms with E-state index in [9.17, 15) is 5.11 Å². The maximum Gasteiger partial charge on any atom is 0.203 e. The summed E-state index contributed by atoms with van der Waals surface area (Å²) < 4.78 is 0. The molecule has 0 spiro atoms. The maximum absolute atomic E-state index is 9.32. The number of nitrogens with one attached hydrogen (secondary N) is 1. The number of aromatic hydroxyl groups is 1. The lowest BCUT2D eigenvalue weighted by molar-refractivity contribution is 0.475. The highest BCUT2D eigenvalue weighted by atomic mass is 32.1. The number of hydrogen-bond acceptors (Lipinski definition) is 6. The monoisotopic (exact) mass is 346 g/mol. The third-order valence-electron chi connectivity index (χ3n) is 3.29. The molecule has 0 fully saturated rings. The fourth-order valence-electron chi connectivity index (χ4n) is 2.09. The third-order valence-corrected chi connectivity index (χ3v) is 4.04. The zero-order chi connectivity index (χ0) is 17.5. The summed E-state index contributed by atoms with van der Waals surface area (Å²) >= 11 is 1.45. The summed E-state index contributed by atoms with van der Waals surface area (Å²) in [6, 6.07) is 16.3. The molecule has 0 saturated carbocycles. The van der Waals surface area contributed by atoms with Crippen molar-refractivity contribution in [2.75, 3.05) is 5.43 Å². The van der Waals surface area contributed by atoms with Gasteiger partial charge in [-0.15, -0.1) is 11.3 Å². The van der Waals surface area contributed by atoms with E-state index < -0.39 is 0 Å². The fraction of sp³-hybridized carbons (Fsp3) is 0. The van der Waals surface area contributed by atoms with E-state index >= 15 is 0 Å². The number of allylic oxidation sites excluding steroid dienone is 1. The van der Waals surface area contributed by atoms with E-state index in [1.807, 2.05) is 41.8 Å². The number of hydrogen-bond donors (Lipinski definition) is 2. The van der Waals surface area contributed by atoms with Crippen LogP contribution in [0.5, 0.6) is 5.75 Å². The van der Waals surface area contributed by atoms with Crippen LogP contribution < -0.4 is 5.43 Å². The highest BCUT2D eigenvalue weighted by Crippen LogP contribution is 2.26. The van der Waals surface area contributed by atoms with Gasteiger partial charge in [0.25, 0.3) is 0 Å². The second-order valence-electron chi connectivity index (χ2n) is 5.07. The quantitative estimate of drug-likeness (QED) is 0.526. The van der Waals surface area contributed by atoms with Crippen LogP contribution in [0.4, 0.5) is 5.13 Å². The maximum atomic E-state index is 9.32. The van der Waals surface area contributed by atoms with E-state index in [4.69, 9.17) is 5.26 Å². The Bertz CT molecular complexity index is 952. The van der Waals surface area contributed by atoms with Crippen molar-refractivity contribution < 1.29 is 5.11 Å². The predicted octanol–water partition coefficient (Wildman–Crippen LogP) is 4.50. The number of aromatic nitrogens is 1. The normalized spacial score (nSPS) is 11.0. The molecule has 5 nitrogen and oxygen atoms in total. The second kappa shape index (κ2) is 7.90. The Hall–Kier alpha value is -3.43. The molecule has 1 heterocycles. The Labute approximate surface area is 149 Å². The first-order chi connectivity index (χ1) is 12.2. The number of hydrazone groups is 1. The number of phenols is 1. The van der Waals surface area contributed by atoms with Crippen LogP contribution in [0, 0.1) is 11.3 Å². The molecule has 6 heteroatoms. The van der Waals surface area contributed by atoms with Crippen molar-refractivity contribution >= 4 is 28.8 Å². The summed E-state index contributed by atoms with van der Waals surface area (Å²) in [4.78, 5) is 4.44. The Balaban J connectivity index is 1.58. The van der Waals surface area contributed by atoms with Crippen LogP contribution in [0.2, 0.25) is 0 Å². The second-order valence-corrected chi connectivity index (χ2v) is 5.93. The average Bonchev–Trinajstić information content (AvgIpc) is 3.11. The van der Waals surface area contributed by atoms with Crippen molar-refractivity contribution in [3.8, 4) is 23.1 Å². The number of nitrogens with zero attached hydrogens (tertiary/aromatic N) is 3. The molecule has 0 unspecified atom stereocenters. The Kier molecular flexibility index (Phi) is 5.19. The fourth-order valence-corrected chi connectivity index (χ4v) is 2.76. The molecule has 0 saturated heterocycles. The number of phenolic OH excluding ortho intramolecular Hbond substituents is 1. The molecule has 0 aliphatic heterocycles. The van der Waals surface area contributed by atoms with E-state index in [2.05, 4.69) is 21.6 Å². The molecule has 0 bridgehead atoms. The van der Waals surface area contributed by atoms with Crippen molar-refractivity contribution in [2.45, 2.75) is 0 Å². The highest BCUT2D eigenvalue weighted by Gasteiger charge is 2.03. The van der Waals surface area contributed by atoms with Gasteiger partial charge in [0.05, 0.1) is 17.3 Å². The molecule has 2 aromatic carbocycles. The van der Waals surface area contributed by atoms with E-state index in [0.717, 1.165) is 16.8 Å². The van der Waals surface area contributed by atoms with Gasteiger partial charge in [-0.3, -0.25) is 5.43 Å². The molecule has 0 aliphatic rings. The lowest BCUT2D eigenvalue weighted by Gasteiger charge is -1.96. The van der Waals surface area contributed by atoms with Gasteiger partial charge in [0.2, 0.25) is 5.13 Å². The molecule has 0 atom stereocenters. The first-order valence-electron chi connectivity index (χ1n) is 7.45. The van der Waals surface area contributed by atoms with Gasteiger partial charge >= 0.3 is 0 Å². The molecule has 122 valence electrons. The summed E-state index contributed by atoms with van der Waals surface area (Å²) in [6.07, 6.45) is 5.29. The van der Waals surface area contributed by atoms with Crippen molar-refractivity contribution in [1.82, 2.24) is 4.98 Å². The van der Waals surface area contributed by atoms with Gasteiger partial charge in [0.15, 0.2) is 0 Å². The van der Waals surface area contributed by atoms with Crippen LogP contribution in [0.15, 0.2) is 65.1 Å². The first-order valence-corrected chi connectivity index (χ1v) is 8.33. The van der Waals surface area contributed by atoms with Crippen molar-refractivity contribution in [2.24, 2.45) is 5.10 Å². The minimum Gasteiger partial charge on any atom is -0.508 e. The lowest BCUT2D eigenvalue weighted by atomic mass is 10.1. The molecule has 0 aliphatic carbocycles. The van der Waals surface area contributed by atoms with Gasteiger partial charge in [0.1, 0.15) is 5.75 Å². The summed E-state index contributed by atoms with van der Waals surface area (Å²) in [5, 5.41) is 24.9. The van der Waals surface area contributed by atoms with Crippen molar-refractivity contribution in [1.29, 1.82) is 5.26 Å². The van der Waals surface area contributed by atoms with Gasteiger partial charge in [-0.2, -0.15) is 10.4 Å². The van der Waals surface area contributed by atoms with Crippen LogP contribution in [0.3, 0.4) is 0 Å². The first kappa shape index (κ1) is 16.4. The van der Waals surface area contributed by atoms with Gasteiger partial charge < -0.3 is 5.11 Å². The van der Waals surface area contributed by atoms with Gasteiger partial charge in [-0.05, 0) is 48.0 Å². The average molecular weight is 346 g/mol. The summed E-state index contributed by atoms with van der Waals surface area (Å²) in [7, 11) is 0. The van der Waals surface area contributed by atoms with Crippen LogP contribution >= 0.6 is 11.3 Å². The number of rotatable bonds is 5. The van der Waals surface area contributed by atoms with Gasteiger partial charge in [-0.1, -0.05) is 18.2 Å². The Morgan fingerprint density at radius 1 is 1.20 bits per heavy atom. The molecule has 25 heavy (non-hydrogen) atoms. The number of benzene rings is 2. The molecule has 0 radical (unpaired) electrons. The van der Waals surface area contributed by atoms with E-state index in [0.29, 0.717) is 10.7 Å². The number of thiazole rings is 1. The minimum absolute atomic E-state index is 0.231. The van der Waals surface area contributed by atoms with Crippen LogP contribution in [-0.4, -0.2) is 16.3 Å². The molecule has 2 N–H and O–H groups in total. The molecule has 0 amide bonds. The van der Waals surface area contributed by atoms with Gasteiger partial charge in [-0.25, -0.2) is 4.98 Å². The standard InChI is InChI=1S/C19H14N4OS/c20-12-15-4-1-3-14(11-15)5-2-10-21-23-19-22-18(13-25-19)16-6-8-17(24)9-7-16/h1-11,13,24H,(H,22,23)/b5-2+,21-10+. The summed E-state index contributed by atoms with van der Waals surface area (Å²) in [5.41, 5.74) is 6.20. The SMILES string of the molecule is N#Cc1cccc(/C=C/C=N/Nc2nc(-c3ccc(O)cc3)cs2)c1. The zero-order valence-corrected chi connectivity index (χ0v) is 13.9. The summed E-state index contributed by atoms with van der Waals surface area (Å²) in [6.45, 7) is 0. The molecule has 3 aromatic rings. The highest BCUT2D eigenvalue weighted by molar-refractivity contribution is 7.14. The van der Waals surface area contributed by atoms with Crippen LogP contribution in [0.25, 0.3) is 17.3 Å². The molecule has 3 rings (SSSR count). The third kappa shape index (κ3) is 4.53. The lowest BCUT2D eigenvalue weighted by Crippen LogP contribution is -1.87. The largest absolute Gasteiger partial charge is 0.508 e.